The Balaban J connectivity index is 0.000000633. The number of halogens is 2. The van der Waals surface area contributed by atoms with E-state index < -0.39 is 41.2 Å². The number of alkyl halides is 2. The number of nitrogens with zero attached hydrogens (tertiary/aromatic N) is 1. The average molecular weight is 604 g/mol. The molecule has 1 aliphatic rings. The number of aliphatic hydroxyl groups excluding tert-OH is 1. The lowest BCUT2D eigenvalue weighted by Gasteiger charge is -2.34. The number of aliphatic hydroxyl groups is 1. The minimum absolute atomic E-state index is 0.0991. The molecule has 192 valence electrons. The van der Waals surface area contributed by atoms with Crippen LogP contribution < -0.4 is 5.32 Å². The number of hydrogen-bond donors (Lipinski definition) is 2. The van der Waals surface area contributed by atoms with Gasteiger partial charge in [-0.3, -0.25) is 14.5 Å². The van der Waals surface area contributed by atoms with Crippen LogP contribution in [0.25, 0.3) is 0 Å². The van der Waals surface area contributed by atoms with Crippen molar-refractivity contribution in [3.05, 3.63) is 0 Å². The second-order valence-electron chi connectivity index (χ2n) is 8.56. The zero-order chi connectivity index (χ0) is 26.1. The van der Waals surface area contributed by atoms with Crippen molar-refractivity contribution in [2.24, 2.45) is 11.8 Å². The molecule has 0 aromatic heterocycles. The quantitative estimate of drug-likeness (QED) is 0.316. The smallest absolute Gasteiger partial charge is 0.331 e. The van der Waals surface area contributed by atoms with Crippen molar-refractivity contribution in [1.82, 2.24) is 10.2 Å². The van der Waals surface area contributed by atoms with Crippen LogP contribution >= 0.6 is 31.9 Å². The van der Waals surface area contributed by atoms with Gasteiger partial charge in [0.1, 0.15) is 5.72 Å². The first-order chi connectivity index (χ1) is 15.2. The monoisotopic (exact) mass is 602 g/mol. The molecule has 4 unspecified atom stereocenters. The first-order valence-corrected chi connectivity index (χ1v) is 12.3. The number of ether oxygens (including phenoxy) is 3. The fourth-order valence-electron chi connectivity index (χ4n) is 2.82. The summed E-state index contributed by atoms with van der Waals surface area (Å²) in [6.07, 6.45) is 0. The molecule has 4 atom stereocenters. The van der Waals surface area contributed by atoms with Gasteiger partial charge in [0.15, 0.2) is 12.1 Å². The van der Waals surface area contributed by atoms with Gasteiger partial charge in [0, 0.05) is 0 Å². The number of nitrogens with one attached hydrogen (secondary N) is 1. The molecule has 2 amide bonds. The predicted octanol–water partition coefficient (Wildman–Crippen LogP) is 1.60. The fraction of sp³-hybridized carbons (Fsp3) is 0.810. The summed E-state index contributed by atoms with van der Waals surface area (Å²) in [4.78, 5) is 47.4. The Morgan fingerprint density at radius 3 is 1.97 bits per heavy atom. The van der Waals surface area contributed by atoms with E-state index in [2.05, 4.69) is 41.9 Å². The molecule has 10 nitrogen and oxygen atoms in total. The van der Waals surface area contributed by atoms with Gasteiger partial charge in [0.05, 0.1) is 37.1 Å². The first kappa shape index (κ1) is 31.8. The predicted molar refractivity (Wildman–Crippen MR) is 129 cm³/mol. The van der Waals surface area contributed by atoms with E-state index in [1.54, 1.807) is 13.8 Å². The lowest BCUT2D eigenvalue weighted by atomic mass is 10.1. The topological polar surface area (TPSA) is 131 Å². The molecular formula is C21H36Br2N2O8. The normalized spacial score (nSPS) is 19.8. The van der Waals surface area contributed by atoms with Crippen LogP contribution in [0.1, 0.15) is 41.5 Å². The molecule has 0 aromatic rings. The van der Waals surface area contributed by atoms with Crippen LogP contribution in [0.3, 0.4) is 0 Å². The molecule has 1 heterocycles. The summed E-state index contributed by atoms with van der Waals surface area (Å²) in [7, 11) is 2.51. The van der Waals surface area contributed by atoms with Gasteiger partial charge in [0.2, 0.25) is 11.8 Å². The Morgan fingerprint density at radius 2 is 1.58 bits per heavy atom. The van der Waals surface area contributed by atoms with E-state index >= 15 is 0 Å². The molecule has 0 aromatic carbocycles. The van der Waals surface area contributed by atoms with E-state index in [1.165, 1.54) is 19.1 Å². The highest BCUT2D eigenvalue weighted by molar-refractivity contribution is 9.10. The molecule has 12 heteroatoms. The van der Waals surface area contributed by atoms with Crippen LogP contribution in [-0.2, 0) is 33.4 Å². The van der Waals surface area contributed by atoms with Crippen molar-refractivity contribution in [1.29, 1.82) is 0 Å². The van der Waals surface area contributed by atoms with Crippen LogP contribution in [-0.4, -0.2) is 88.7 Å². The van der Waals surface area contributed by atoms with E-state index in [4.69, 9.17) is 14.6 Å². The number of carbonyl (C=O) groups excluding carboxylic acids is 4. The zero-order valence-electron chi connectivity index (χ0n) is 20.4. The van der Waals surface area contributed by atoms with Crippen molar-refractivity contribution in [2.75, 3.05) is 27.4 Å². The van der Waals surface area contributed by atoms with E-state index in [9.17, 15) is 19.2 Å². The summed E-state index contributed by atoms with van der Waals surface area (Å²) in [6.45, 7) is 10.8. The summed E-state index contributed by atoms with van der Waals surface area (Å²) in [5, 5.41) is 11.3. The van der Waals surface area contributed by atoms with Gasteiger partial charge in [-0.2, -0.15) is 0 Å². The lowest BCUT2D eigenvalue weighted by Crippen LogP contribution is -2.54. The molecular weight excluding hydrogens is 568 g/mol. The Morgan fingerprint density at radius 1 is 1.06 bits per heavy atom. The molecule has 0 saturated carbocycles. The van der Waals surface area contributed by atoms with Crippen LogP contribution in [0.2, 0.25) is 0 Å². The van der Waals surface area contributed by atoms with E-state index in [-0.39, 0.29) is 35.1 Å². The molecule has 1 aliphatic heterocycles. The van der Waals surface area contributed by atoms with Gasteiger partial charge in [-0.1, -0.05) is 59.6 Å². The fourth-order valence-corrected chi connectivity index (χ4v) is 3.18. The molecule has 33 heavy (non-hydrogen) atoms. The number of carbonyl (C=O) groups is 4. The van der Waals surface area contributed by atoms with Crippen molar-refractivity contribution in [2.45, 2.75) is 69.0 Å². The van der Waals surface area contributed by atoms with Gasteiger partial charge >= 0.3 is 11.9 Å². The summed E-state index contributed by atoms with van der Waals surface area (Å²) in [5.41, 5.74) is -0.795. The highest BCUT2D eigenvalue weighted by Gasteiger charge is 2.49. The maximum Gasteiger partial charge on any atom is 0.331 e. The maximum absolute atomic E-state index is 12.4. The number of methoxy groups -OCH3 is 2. The van der Waals surface area contributed by atoms with Gasteiger partial charge < -0.3 is 24.6 Å². The van der Waals surface area contributed by atoms with E-state index in [0.717, 1.165) is 0 Å². The lowest BCUT2D eigenvalue weighted by molar-refractivity contribution is -0.157. The minimum Gasteiger partial charge on any atom is -0.467 e. The number of hydrogen-bond acceptors (Lipinski definition) is 8. The molecule has 1 rings (SSSR count). The Kier molecular flexibility index (Phi) is 13.7. The molecule has 2 N–H and O–H groups in total. The second-order valence-corrected chi connectivity index (χ2v) is 10.5. The molecule has 1 saturated heterocycles. The third-order valence-corrected chi connectivity index (χ3v) is 7.76. The number of amides is 2. The largest absolute Gasteiger partial charge is 0.467 e. The highest BCUT2D eigenvalue weighted by Crippen LogP contribution is 2.31. The zero-order valence-corrected chi connectivity index (χ0v) is 23.6. The van der Waals surface area contributed by atoms with Crippen LogP contribution in [0.5, 0.6) is 0 Å². The Labute approximate surface area is 212 Å². The van der Waals surface area contributed by atoms with Crippen LogP contribution in [0.4, 0.5) is 0 Å². The summed E-state index contributed by atoms with van der Waals surface area (Å²) in [6, 6.07) is -1.67. The highest BCUT2D eigenvalue weighted by atomic mass is 79.9. The Bertz CT molecular complexity index is 687. The van der Waals surface area contributed by atoms with E-state index in [0.29, 0.717) is 0 Å². The number of esters is 2. The van der Waals surface area contributed by atoms with Gasteiger partial charge in [-0.05, 0) is 25.7 Å². The summed E-state index contributed by atoms with van der Waals surface area (Å²) < 4.78 is 14.7. The van der Waals surface area contributed by atoms with Crippen molar-refractivity contribution >= 4 is 55.6 Å². The maximum atomic E-state index is 12.4. The van der Waals surface area contributed by atoms with Gasteiger partial charge in [-0.25, -0.2) is 9.59 Å². The standard InChI is InChI=1S/C12H20BrNO4.C9H16BrNO4/c1-7(2)9(13)10(15)14-8(11(16)17-5)6-18-12(14,3)4;1-5(2)7(10)8(13)11-6(4-12)9(14)15-3/h7-9H,6H2,1-5H3;5-7,12H,4H2,1-3H3,(H,11,13). The van der Waals surface area contributed by atoms with Crippen LogP contribution in [0.15, 0.2) is 0 Å². The SMILES string of the molecule is COC(=O)C(CO)NC(=O)C(Br)C(C)C.COC(=O)C1COC(C)(C)N1C(=O)C(Br)C(C)C. The van der Waals surface area contributed by atoms with Crippen LogP contribution in [0, 0.1) is 11.8 Å². The van der Waals surface area contributed by atoms with Gasteiger partial charge in [0.25, 0.3) is 0 Å². The Hall–Kier alpha value is -1.24. The van der Waals surface area contributed by atoms with E-state index in [1.807, 2.05) is 27.7 Å². The van der Waals surface area contributed by atoms with Gasteiger partial charge in [-0.15, -0.1) is 0 Å². The molecule has 0 aliphatic carbocycles. The molecule has 0 bridgehead atoms. The molecule has 0 radical (unpaired) electrons. The average Bonchev–Trinajstić information content (AvgIpc) is 3.09. The second kappa shape index (κ2) is 14.2. The summed E-state index contributed by atoms with van der Waals surface area (Å²) >= 11 is 6.56. The third-order valence-electron chi connectivity index (χ3n) is 4.84. The van der Waals surface area contributed by atoms with Crippen molar-refractivity contribution < 1.29 is 38.5 Å². The minimum atomic E-state index is -0.999. The molecule has 0 spiro atoms. The third kappa shape index (κ3) is 9.14. The van der Waals surface area contributed by atoms with Crippen molar-refractivity contribution in [3.8, 4) is 0 Å². The van der Waals surface area contributed by atoms with Crippen molar-refractivity contribution in [3.63, 3.8) is 0 Å². The number of rotatable bonds is 8. The summed E-state index contributed by atoms with van der Waals surface area (Å²) in [5.74, 6) is -1.36. The molecule has 1 fully saturated rings. The first-order valence-electron chi connectivity index (χ1n) is 10.5.